The largest absolute Gasteiger partial charge is 0.494 e. The Balaban J connectivity index is 2.04. The summed E-state index contributed by atoms with van der Waals surface area (Å²) in [5.41, 5.74) is 5.08. The highest BCUT2D eigenvalue weighted by Gasteiger charge is 2.14. The summed E-state index contributed by atoms with van der Waals surface area (Å²) in [5.74, 6) is 1.31. The van der Waals surface area contributed by atoms with Gasteiger partial charge in [0.15, 0.2) is 0 Å². The minimum atomic E-state index is 0.426. The van der Waals surface area contributed by atoms with Gasteiger partial charge in [-0.15, -0.1) is 11.6 Å². The van der Waals surface area contributed by atoms with Crippen LogP contribution in [-0.2, 0) is 5.88 Å². The molecule has 0 spiro atoms. The molecule has 3 nitrogen and oxygen atoms in total. The molecular formula is C18H19ClN2O. The molecule has 4 heteroatoms. The lowest BCUT2D eigenvalue weighted by Gasteiger charge is -2.06. The van der Waals surface area contributed by atoms with E-state index in [1.165, 1.54) is 0 Å². The van der Waals surface area contributed by atoms with Gasteiger partial charge in [0.25, 0.3) is 0 Å². The Morgan fingerprint density at radius 2 is 1.91 bits per heavy atom. The number of pyridine rings is 1. The molecule has 0 aliphatic heterocycles. The molecule has 3 aromatic rings. The van der Waals surface area contributed by atoms with Crippen molar-refractivity contribution in [1.29, 1.82) is 0 Å². The number of alkyl halides is 1. The van der Waals surface area contributed by atoms with Crippen LogP contribution in [0, 0.1) is 6.92 Å². The molecule has 0 bridgehead atoms. The summed E-state index contributed by atoms with van der Waals surface area (Å²) in [7, 11) is 0. The SMILES string of the molecule is CCCOc1ccc(-c2nc3cccc(C)n3c2CCl)cc1. The molecule has 0 amide bonds. The van der Waals surface area contributed by atoms with Gasteiger partial charge in [0, 0.05) is 11.3 Å². The van der Waals surface area contributed by atoms with Crippen molar-refractivity contribution in [1.82, 2.24) is 9.38 Å². The first-order valence-corrected chi connectivity index (χ1v) is 8.04. The van der Waals surface area contributed by atoms with Gasteiger partial charge in [-0.25, -0.2) is 4.98 Å². The molecule has 0 aliphatic carbocycles. The van der Waals surface area contributed by atoms with E-state index in [4.69, 9.17) is 21.3 Å². The van der Waals surface area contributed by atoms with Crippen LogP contribution in [0.4, 0.5) is 0 Å². The van der Waals surface area contributed by atoms with E-state index in [-0.39, 0.29) is 0 Å². The fraction of sp³-hybridized carbons (Fsp3) is 0.278. The van der Waals surface area contributed by atoms with E-state index in [2.05, 4.69) is 24.3 Å². The maximum absolute atomic E-state index is 6.19. The molecule has 2 aromatic heterocycles. The number of rotatable bonds is 5. The van der Waals surface area contributed by atoms with E-state index in [1.54, 1.807) is 0 Å². The van der Waals surface area contributed by atoms with Gasteiger partial charge < -0.3 is 4.74 Å². The third-order valence-electron chi connectivity index (χ3n) is 3.66. The number of nitrogens with zero attached hydrogens (tertiary/aromatic N) is 2. The Hall–Kier alpha value is -2.00. The van der Waals surface area contributed by atoms with Crippen molar-refractivity contribution >= 4 is 17.2 Å². The molecule has 0 unspecified atom stereocenters. The van der Waals surface area contributed by atoms with Crippen LogP contribution in [0.3, 0.4) is 0 Å². The van der Waals surface area contributed by atoms with E-state index in [9.17, 15) is 0 Å². The standard InChI is InChI=1S/C18H19ClN2O/c1-3-11-22-15-9-7-14(8-10-15)18-16(12-19)21-13(2)5-4-6-17(21)20-18/h4-10H,3,11-12H2,1-2H3. The molecule has 0 aliphatic rings. The van der Waals surface area contributed by atoms with Crippen molar-refractivity contribution in [3.05, 3.63) is 53.9 Å². The highest BCUT2D eigenvalue weighted by Crippen LogP contribution is 2.28. The predicted octanol–water partition coefficient (Wildman–Crippen LogP) is 4.84. The second-order valence-electron chi connectivity index (χ2n) is 5.27. The van der Waals surface area contributed by atoms with E-state index >= 15 is 0 Å². The molecule has 1 aromatic carbocycles. The zero-order valence-electron chi connectivity index (χ0n) is 12.8. The maximum Gasteiger partial charge on any atom is 0.137 e. The third kappa shape index (κ3) is 2.69. The first-order chi connectivity index (χ1) is 10.7. The minimum absolute atomic E-state index is 0.426. The number of halogens is 1. The van der Waals surface area contributed by atoms with Crippen LogP contribution in [0.1, 0.15) is 24.7 Å². The molecular weight excluding hydrogens is 296 g/mol. The van der Waals surface area contributed by atoms with Gasteiger partial charge in [0.2, 0.25) is 0 Å². The fourth-order valence-corrected chi connectivity index (χ4v) is 2.86. The van der Waals surface area contributed by atoms with Crippen LogP contribution in [0.2, 0.25) is 0 Å². The fourth-order valence-electron chi connectivity index (χ4n) is 2.61. The number of ether oxygens (including phenoxy) is 1. The minimum Gasteiger partial charge on any atom is -0.494 e. The summed E-state index contributed by atoms with van der Waals surface area (Å²) in [6.45, 7) is 4.90. The summed E-state index contributed by atoms with van der Waals surface area (Å²) < 4.78 is 7.74. The van der Waals surface area contributed by atoms with Crippen LogP contribution in [0.15, 0.2) is 42.5 Å². The van der Waals surface area contributed by atoms with Crippen LogP contribution < -0.4 is 4.74 Å². The maximum atomic E-state index is 6.19. The highest BCUT2D eigenvalue weighted by molar-refractivity contribution is 6.17. The second kappa shape index (κ2) is 6.41. The first-order valence-electron chi connectivity index (χ1n) is 7.50. The van der Waals surface area contributed by atoms with Gasteiger partial charge in [-0.1, -0.05) is 13.0 Å². The van der Waals surface area contributed by atoms with Crippen LogP contribution in [0.5, 0.6) is 5.75 Å². The monoisotopic (exact) mass is 314 g/mol. The molecule has 2 heterocycles. The topological polar surface area (TPSA) is 26.5 Å². The smallest absolute Gasteiger partial charge is 0.137 e. The third-order valence-corrected chi connectivity index (χ3v) is 3.91. The van der Waals surface area contributed by atoms with Crippen LogP contribution >= 0.6 is 11.6 Å². The molecule has 0 fully saturated rings. The summed E-state index contributed by atoms with van der Waals surface area (Å²) in [5, 5.41) is 0. The van der Waals surface area contributed by atoms with Crippen molar-refractivity contribution in [2.45, 2.75) is 26.1 Å². The lowest BCUT2D eigenvalue weighted by Crippen LogP contribution is -1.96. The molecule has 0 atom stereocenters. The van der Waals surface area contributed by atoms with Crippen molar-refractivity contribution in [3.8, 4) is 17.0 Å². The lowest BCUT2D eigenvalue weighted by molar-refractivity contribution is 0.317. The molecule has 0 saturated heterocycles. The summed E-state index contributed by atoms with van der Waals surface area (Å²) in [6, 6.07) is 14.1. The summed E-state index contributed by atoms with van der Waals surface area (Å²) >= 11 is 6.19. The van der Waals surface area contributed by atoms with E-state index in [0.29, 0.717) is 5.88 Å². The number of aromatic nitrogens is 2. The summed E-state index contributed by atoms with van der Waals surface area (Å²) in [4.78, 5) is 4.74. The van der Waals surface area contributed by atoms with Gasteiger partial charge >= 0.3 is 0 Å². The van der Waals surface area contributed by atoms with E-state index in [0.717, 1.165) is 47.1 Å². The van der Waals surface area contributed by atoms with E-state index in [1.807, 2.05) is 36.4 Å². The number of hydrogen-bond donors (Lipinski definition) is 0. The van der Waals surface area contributed by atoms with Crippen molar-refractivity contribution in [2.24, 2.45) is 0 Å². The molecule has 114 valence electrons. The number of fused-ring (bicyclic) bond motifs is 1. The Morgan fingerprint density at radius 1 is 1.14 bits per heavy atom. The Bertz CT molecular complexity index is 778. The second-order valence-corrected chi connectivity index (χ2v) is 5.54. The predicted molar refractivity (Wildman–Crippen MR) is 90.7 cm³/mol. The van der Waals surface area contributed by atoms with Crippen molar-refractivity contribution in [3.63, 3.8) is 0 Å². The number of benzene rings is 1. The van der Waals surface area contributed by atoms with Crippen molar-refractivity contribution in [2.75, 3.05) is 6.61 Å². The van der Waals surface area contributed by atoms with Gasteiger partial charge in [0.1, 0.15) is 11.4 Å². The Kier molecular flexibility index (Phi) is 4.34. The average Bonchev–Trinajstić information content (AvgIpc) is 2.93. The van der Waals surface area contributed by atoms with Crippen LogP contribution in [0.25, 0.3) is 16.9 Å². The molecule has 0 saturated carbocycles. The van der Waals surface area contributed by atoms with Gasteiger partial charge in [0.05, 0.1) is 23.9 Å². The Labute approximate surface area is 135 Å². The van der Waals surface area contributed by atoms with Gasteiger partial charge in [-0.3, -0.25) is 4.40 Å². The number of hydrogen-bond acceptors (Lipinski definition) is 2. The Morgan fingerprint density at radius 3 is 2.59 bits per heavy atom. The number of aryl methyl sites for hydroxylation is 1. The normalized spacial score (nSPS) is 11.0. The summed E-state index contributed by atoms with van der Waals surface area (Å²) in [6.07, 6.45) is 1.00. The molecule has 22 heavy (non-hydrogen) atoms. The zero-order valence-corrected chi connectivity index (χ0v) is 13.6. The molecule has 3 rings (SSSR count). The molecule has 0 N–H and O–H groups in total. The van der Waals surface area contributed by atoms with Gasteiger partial charge in [-0.05, 0) is 49.7 Å². The van der Waals surface area contributed by atoms with Crippen molar-refractivity contribution < 1.29 is 4.74 Å². The van der Waals surface area contributed by atoms with Crippen LogP contribution in [-0.4, -0.2) is 16.0 Å². The van der Waals surface area contributed by atoms with E-state index < -0.39 is 0 Å². The first kappa shape index (κ1) is 14.9. The average molecular weight is 315 g/mol. The molecule has 0 radical (unpaired) electrons. The quantitative estimate of drug-likeness (QED) is 0.630. The van der Waals surface area contributed by atoms with Gasteiger partial charge in [-0.2, -0.15) is 0 Å². The highest BCUT2D eigenvalue weighted by atomic mass is 35.5. The zero-order chi connectivity index (χ0) is 15.5. The number of imidazole rings is 1. The lowest BCUT2D eigenvalue weighted by atomic mass is 10.1.